The zero-order chi connectivity index (χ0) is 74.2. The third-order valence-electron chi connectivity index (χ3n) is 18.9. The van der Waals surface area contributed by atoms with Gasteiger partial charge in [0.05, 0.1) is 26.4 Å². The highest BCUT2D eigenvalue weighted by Crippen LogP contribution is 2.45. The number of carbonyl (C=O) groups excluding carboxylic acids is 4. The van der Waals surface area contributed by atoms with Crippen molar-refractivity contribution in [3.05, 3.63) is 24.3 Å². The fraction of sp³-hybridized carbons (Fsp3) is 0.902. The Morgan fingerprint density at radius 3 is 0.891 bits per heavy atom. The van der Waals surface area contributed by atoms with Crippen molar-refractivity contribution in [1.82, 2.24) is 0 Å². The summed E-state index contributed by atoms with van der Waals surface area (Å²) < 4.78 is 68.7. The Labute approximate surface area is 618 Å². The van der Waals surface area contributed by atoms with E-state index in [9.17, 15) is 43.2 Å². The van der Waals surface area contributed by atoms with E-state index in [-0.39, 0.29) is 25.7 Å². The Bertz CT molecular complexity index is 2040. The molecule has 0 saturated carbocycles. The number of aliphatic hydroxyl groups excluding tert-OH is 1. The lowest BCUT2D eigenvalue weighted by Crippen LogP contribution is -2.30. The smallest absolute Gasteiger partial charge is 0.462 e. The number of phosphoric acid groups is 2. The second-order valence-electron chi connectivity index (χ2n) is 29.5. The number of esters is 4. The van der Waals surface area contributed by atoms with Crippen LogP contribution < -0.4 is 0 Å². The topological polar surface area (TPSA) is 237 Å². The number of rotatable bonds is 79. The van der Waals surface area contributed by atoms with E-state index < -0.39 is 97.5 Å². The van der Waals surface area contributed by atoms with Gasteiger partial charge in [-0.05, 0) is 63.2 Å². The molecule has 3 N–H and O–H groups in total. The maximum absolute atomic E-state index is 13.1. The van der Waals surface area contributed by atoms with Crippen LogP contribution in [0.25, 0.3) is 0 Å². The fourth-order valence-electron chi connectivity index (χ4n) is 12.1. The number of phosphoric ester groups is 2. The van der Waals surface area contributed by atoms with Crippen LogP contribution in [0.4, 0.5) is 0 Å². The third kappa shape index (κ3) is 74.2. The molecule has 0 heterocycles. The molecule has 0 amide bonds. The van der Waals surface area contributed by atoms with Crippen LogP contribution in [0.2, 0.25) is 0 Å². The molecule has 0 saturated heterocycles. The van der Waals surface area contributed by atoms with Gasteiger partial charge in [0.1, 0.15) is 19.3 Å². The van der Waals surface area contributed by atoms with Gasteiger partial charge < -0.3 is 33.8 Å². The van der Waals surface area contributed by atoms with Crippen LogP contribution in [-0.2, 0) is 65.4 Å². The molecule has 0 aromatic heterocycles. The van der Waals surface area contributed by atoms with Crippen LogP contribution in [-0.4, -0.2) is 96.7 Å². The number of carbonyl (C=O) groups is 4. The van der Waals surface area contributed by atoms with Crippen LogP contribution in [0.3, 0.4) is 0 Å². The lowest BCUT2D eigenvalue weighted by molar-refractivity contribution is -0.161. The van der Waals surface area contributed by atoms with Crippen molar-refractivity contribution in [2.45, 2.75) is 426 Å². The Balaban J connectivity index is 5.27. The van der Waals surface area contributed by atoms with E-state index in [0.717, 1.165) is 121 Å². The monoisotopic (exact) mass is 1480 g/mol. The molecular weight excluding hydrogens is 1320 g/mol. The molecule has 0 aromatic carbocycles. The molecule has 0 aromatic rings. The van der Waals surface area contributed by atoms with Crippen LogP contribution >= 0.6 is 15.6 Å². The van der Waals surface area contributed by atoms with Gasteiger partial charge in [-0.3, -0.25) is 37.3 Å². The Hall–Kier alpha value is -2.46. The van der Waals surface area contributed by atoms with E-state index in [2.05, 4.69) is 65.8 Å². The molecule has 0 radical (unpaired) electrons. The maximum Gasteiger partial charge on any atom is 0.472 e. The minimum Gasteiger partial charge on any atom is -0.462 e. The summed E-state index contributed by atoms with van der Waals surface area (Å²) >= 11 is 0. The normalized spacial score (nSPS) is 14.3. The van der Waals surface area contributed by atoms with Crippen LogP contribution in [0.5, 0.6) is 0 Å². The van der Waals surface area contributed by atoms with E-state index in [1.54, 1.807) is 0 Å². The molecule has 0 aliphatic heterocycles. The molecule has 3 unspecified atom stereocenters. The van der Waals surface area contributed by atoms with Crippen molar-refractivity contribution in [1.29, 1.82) is 0 Å². The van der Waals surface area contributed by atoms with Crippen molar-refractivity contribution in [3.63, 3.8) is 0 Å². The average molecular weight is 1480 g/mol. The minimum atomic E-state index is -4.97. The quantitative estimate of drug-likeness (QED) is 0.0169. The van der Waals surface area contributed by atoms with Gasteiger partial charge in [-0.1, -0.05) is 355 Å². The predicted octanol–water partition coefficient (Wildman–Crippen LogP) is 24.2. The van der Waals surface area contributed by atoms with Gasteiger partial charge in [-0.25, -0.2) is 9.13 Å². The van der Waals surface area contributed by atoms with Gasteiger partial charge in [0, 0.05) is 25.7 Å². The number of ether oxygens (including phenoxy) is 4. The molecule has 0 aliphatic rings. The zero-order valence-electron chi connectivity index (χ0n) is 65.7. The summed E-state index contributed by atoms with van der Waals surface area (Å²) in [5, 5.41) is 10.6. The molecule has 6 atom stereocenters. The van der Waals surface area contributed by atoms with Gasteiger partial charge in [0.25, 0.3) is 0 Å². The standard InChI is InChI=1S/C82H156O17P2/c1-7-10-12-14-16-18-20-22-27-32-35-39-46-52-58-64-79(84)92-70-77(98-82(87)67-61-55-49-41-37-33-29-26-24-23-25-28-31-34-38-44-50-56-62-74(4)5)72-96-100(88,89)94-68-76(83)69-95-101(90,91)97-73-78(71-93-80(85)65-59-53-47-43-42-45-51-57-63-75(6)9-3)99-81(86)66-60-54-48-40-36-30-21-19-17-15-13-11-8-2/h18,20,22,27,74-78,83H,7-17,19,21,23-26,28-73H2,1-6H3,(H,88,89)(H,90,91)/b20-18-,27-22-/t75?,76-,77-,78-/m1/s1. The van der Waals surface area contributed by atoms with Gasteiger partial charge in [0.2, 0.25) is 0 Å². The number of allylic oxidation sites excluding steroid dienone is 4. The molecule has 596 valence electrons. The Kier molecular flexibility index (Phi) is 71.3. The first-order valence-corrected chi connectivity index (χ1v) is 44.8. The van der Waals surface area contributed by atoms with E-state index in [0.29, 0.717) is 25.7 Å². The molecule has 0 aliphatic carbocycles. The summed E-state index contributed by atoms with van der Waals surface area (Å²) in [5.41, 5.74) is 0. The molecular formula is C82H156O17P2. The predicted molar refractivity (Wildman–Crippen MR) is 414 cm³/mol. The minimum absolute atomic E-state index is 0.101. The molecule has 0 spiro atoms. The van der Waals surface area contributed by atoms with Crippen molar-refractivity contribution in [2.75, 3.05) is 39.6 Å². The van der Waals surface area contributed by atoms with Crippen molar-refractivity contribution >= 4 is 39.5 Å². The van der Waals surface area contributed by atoms with Gasteiger partial charge in [0.15, 0.2) is 12.2 Å². The molecule has 0 rings (SSSR count). The highest BCUT2D eigenvalue weighted by molar-refractivity contribution is 7.47. The second-order valence-corrected chi connectivity index (χ2v) is 32.5. The first-order valence-electron chi connectivity index (χ1n) is 41.8. The summed E-state index contributed by atoms with van der Waals surface area (Å²) in [6.45, 7) is 9.61. The second kappa shape index (κ2) is 73.1. The van der Waals surface area contributed by atoms with Crippen LogP contribution in [0.1, 0.15) is 408 Å². The Morgan fingerprint density at radius 2 is 0.584 bits per heavy atom. The first kappa shape index (κ1) is 98.5. The van der Waals surface area contributed by atoms with Gasteiger partial charge in [-0.15, -0.1) is 0 Å². The molecule has 101 heavy (non-hydrogen) atoms. The number of hydrogen-bond acceptors (Lipinski definition) is 15. The first-order chi connectivity index (χ1) is 48.9. The lowest BCUT2D eigenvalue weighted by atomic mass is 9.99. The van der Waals surface area contributed by atoms with Crippen molar-refractivity contribution in [3.8, 4) is 0 Å². The largest absolute Gasteiger partial charge is 0.472 e. The summed E-state index contributed by atoms with van der Waals surface area (Å²) in [6.07, 6.45) is 65.9. The summed E-state index contributed by atoms with van der Waals surface area (Å²) in [5.74, 6) is -0.542. The zero-order valence-corrected chi connectivity index (χ0v) is 67.5. The SMILES string of the molecule is CCCCCC/C=C\C=C/CCCCCCCC(=O)OC[C@H](COP(=O)(O)OC[C@@H](O)COP(=O)(O)OC[C@@H](COC(=O)CCCCCCCCCCC(C)CC)OC(=O)CCCCCCCCCCCCCCC)OC(=O)CCCCCCCCCCCCCCCCCCCCC(C)C. The van der Waals surface area contributed by atoms with E-state index >= 15 is 0 Å². The van der Waals surface area contributed by atoms with Crippen LogP contribution in [0, 0.1) is 11.8 Å². The third-order valence-corrected chi connectivity index (χ3v) is 20.8. The number of hydrogen-bond donors (Lipinski definition) is 3. The summed E-state index contributed by atoms with van der Waals surface area (Å²) in [6, 6.07) is 0. The lowest BCUT2D eigenvalue weighted by Gasteiger charge is -2.21. The Morgan fingerprint density at radius 1 is 0.327 bits per heavy atom. The van der Waals surface area contributed by atoms with E-state index in [1.165, 1.54) is 205 Å². The van der Waals surface area contributed by atoms with E-state index in [4.69, 9.17) is 37.0 Å². The summed E-state index contributed by atoms with van der Waals surface area (Å²) in [7, 11) is -9.93. The number of aliphatic hydroxyl groups is 1. The van der Waals surface area contributed by atoms with Crippen molar-refractivity contribution < 1.29 is 80.2 Å². The molecule has 19 heteroatoms. The fourth-order valence-corrected chi connectivity index (χ4v) is 13.7. The highest BCUT2D eigenvalue weighted by Gasteiger charge is 2.30. The molecule has 17 nitrogen and oxygen atoms in total. The van der Waals surface area contributed by atoms with Crippen molar-refractivity contribution in [2.24, 2.45) is 11.8 Å². The van der Waals surface area contributed by atoms with Gasteiger partial charge >= 0.3 is 39.5 Å². The van der Waals surface area contributed by atoms with E-state index in [1.807, 2.05) is 0 Å². The summed E-state index contributed by atoms with van der Waals surface area (Å²) in [4.78, 5) is 73.0. The molecule has 0 fully saturated rings. The molecule has 0 bridgehead atoms. The number of unbranched alkanes of at least 4 members (excludes halogenated alkanes) is 45. The highest BCUT2D eigenvalue weighted by atomic mass is 31.2. The maximum atomic E-state index is 13.1. The van der Waals surface area contributed by atoms with Crippen LogP contribution in [0.15, 0.2) is 24.3 Å². The van der Waals surface area contributed by atoms with Gasteiger partial charge in [-0.2, -0.15) is 0 Å². The average Bonchev–Trinajstić information content (AvgIpc) is 0.937.